The predicted octanol–water partition coefficient (Wildman–Crippen LogP) is 2.08. The molecule has 0 aliphatic carbocycles. The van der Waals surface area contributed by atoms with E-state index in [0.29, 0.717) is 6.04 Å². The Labute approximate surface area is 93.7 Å². The Morgan fingerprint density at radius 2 is 2.38 bits per heavy atom. The highest BCUT2D eigenvalue weighted by atomic mass is 16.5. The van der Waals surface area contributed by atoms with Crippen molar-refractivity contribution in [1.29, 1.82) is 0 Å². The summed E-state index contributed by atoms with van der Waals surface area (Å²) in [6.45, 7) is 3.04. The molecule has 0 saturated carbocycles. The Bertz CT molecular complexity index is 502. The zero-order valence-electron chi connectivity index (χ0n) is 9.10. The van der Waals surface area contributed by atoms with Gasteiger partial charge in [-0.2, -0.15) is 0 Å². The predicted molar refractivity (Wildman–Crippen MR) is 59.8 cm³/mol. The Morgan fingerprint density at radius 3 is 3.06 bits per heavy atom. The fourth-order valence-corrected chi connectivity index (χ4v) is 1.87. The number of aromatic nitrogens is 2. The lowest BCUT2D eigenvalue weighted by Gasteiger charge is -2.24. The molecule has 4 nitrogen and oxygen atoms in total. The molecule has 2 aromatic heterocycles. The van der Waals surface area contributed by atoms with E-state index < -0.39 is 0 Å². The quantitative estimate of drug-likeness (QED) is 0.833. The van der Waals surface area contributed by atoms with Crippen molar-refractivity contribution in [1.82, 2.24) is 15.5 Å². The van der Waals surface area contributed by atoms with Gasteiger partial charge in [0.15, 0.2) is 5.76 Å². The summed E-state index contributed by atoms with van der Waals surface area (Å²) in [7, 11) is 0. The Kier molecular flexibility index (Phi) is 2.22. The maximum absolute atomic E-state index is 5.34. The second-order valence-electron chi connectivity index (χ2n) is 4.05. The highest BCUT2D eigenvalue weighted by molar-refractivity contribution is 5.61. The molecule has 0 radical (unpaired) electrons. The monoisotopic (exact) mass is 215 g/mol. The third kappa shape index (κ3) is 1.51. The molecular formula is C12H13N3O. The van der Waals surface area contributed by atoms with Gasteiger partial charge in [0.25, 0.3) is 0 Å². The number of hydrogen-bond donors (Lipinski definition) is 1. The van der Waals surface area contributed by atoms with Crippen LogP contribution in [-0.4, -0.2) is 16.7 Å². The van der Waals surface area contributed by atoms with Crippen LogP contribution in [0.15, 0.2) is 28.9 Å². The summed E-state index contributed by atoms with van der Waals surface area (Å²) in [5.74, 6) is 0.921. The van der Waals surface area contributed by atoms with Crippen LogP contribution in [0.25, 0.3) is 11.3 Å². The summed E-state index contributed by atoms with van der Waals surface area (Å²) in [5.41, 5.74) is 2.88. The molecule has 0 unspecified atom stereocenters. The summed E-state index contributed by atoms with van der Waals surface area (Å²) in [6.07, 6.45) is 2.91. The van der Waals surface area contributed by atoms with E-state index >= 15 is 0 Å². The maximum atomic E-state index is 5.34. The minimum absolute atomic E-state index is 0.346. The molecule has 1 aliphatic rings. The van der Waals surface area contributed by atoms with Crippen molar-refractivity contribution in [3.05, 3.63) is 35.9 Å². The summed E-state index contributed by atoms with van der Waals surface area (Å²) in [5, 5.41) is 7.39. The van der Waals surface area contributed by atoms with E-state index in [1.54, 1.807) is 6.20 Å². The average molecular weight is 215 g/mol. The van der Waals surface area contributed by atoms with Gasteiger partial charge in [-0.05, 0) is 32.0 Å². The SMILES string of the molecule is Cc1ncccc1-c1cc([C@@H]2CCN2)on1. The molecule has 1 saturated heterocycles. The fourth-order valence-electron chi connectivity index (χ4n) is 1.87. The van der Waals surface area contributed by atoms with Crippen molar-refractivity contribution in [2.45, 2.75) is 19.4 Å². The van der Waals surface area contributed by atoms with E-state index in [1.807, 2.05) is 25.1 Å². The lowest BCUT2D eigenvalue weighted by Crippen LogP contribution is -2.34. The van der Waals surface area contributed by atoms with Crippen molar-refractivity contribution in [2.24, 2.45) is 0 Å². The Hall–Kier alpha value is -1.68. The van der Waals surface area contributed by atoms with Crippen LogP contribution in [0.3, 0.4) is 0 Å². The van der Waals surface area contributed by atoms with Gasteiger partial charge >= 0.3 is 0 Å². The highest BCUT2D eigenvalue weighted by Crippen LogP contribution is 2.27. The van der Waals surface area contributed by atoms with Gasteiger partial charge < -0.3 is 9.84 Å². The van der Waals surface area contributed by atoms with Gasteiger partial charge in [0, 0.05) is 23.5 Å². The van der Waals surface area contributed by atoms with E-state index in [2.05, 4.69) is 15.5 Å². The second-order valence-corrected chi connectivity index (χ2v) is 4.05. The largest absolute Gasteiger partial charge is 0.359 e. The Balaban J connectivity index is 1.95. The third-order valence-electron chi connectivity index (χ3n) is 2.98. The van der Waals surface area contributed by atoms with Crippen molar-refractivity contribution in [3.8, 4) is 11.3 Å². The van der Waals surface area contributed by atoms with Crippen molar-refractivity contribution < 1.29 is 4.52 Å². The molecule has 3 heterocycles. The fraction of sp³-hybridized carbons (Fsp3) is 0.333. The molecule has 0 bridgehead atoms. The van der Waals surface area contributed by atoms with Gasteiger partial charge in [-0.3, -0.25) is 4.98 Å². The lowest BCUT2D eigenvalue weighted by molar-refractivity contribution is 0.282. The number of rotatable bonds is 2. The standard InChI is InChI=1S/C12H13N3O/c1-8-9(3-2-5-13-8)11-7-12(16-15-11)10-4-6-14-10/h2-3,5,7,10,14H,4,6H2,1H3/t10-/m0/s1. The Morgan fingerprint density at radius 1 is 1.50 bits per heavy atom. The number of aryl methyl sites for hydroxylation is 1. The molecule has 1 atom stereocenters. The van der Waals surface area contributed by atoms with Crippen LogP contribution in [0.2, 0.25) is 0 Å². The van der Waals surface area contributed by atoms with Crippen LogP contribution in [0, 0.1) is 6.92 Å². The smallest absolute Gasteiger partial charge is 0.154 e. The van der Waals surface area contributed by atoms with E-state index in [-0.39, 0.29) is 0 Å². The van der Waals surface area contributed by atoms with Crippen LogP contribution < -0.4 is 5.32 Å². The zero-order valence-corrected chi connectivity index (χ0v) is 9.10. The molecule has 1 aliphatic heterocycles. The van der Waals surface area contributed by atoms with Crippen LogP contribution >= 0.6 is 0 Å². The molecule has 16 heavy (non-hydrogen) atoms. The van der Waals surface area contributed by atoms with Gasteiger partial charge in [0.1, 0.15) is 5.69 Å². The van der Waals surface area contributed by atoms with Crippen molar-refractivity contribution in [2.75, 3.05) is 6.54 Å². The van der Waals surface area contributed by atoms with E-state index in [0.717, 1.165) is 35.7 Å². The van der Waals surface area contributed by atoms with Crippen molar-refractivity contribution in [3.63, 3.8) is 0 Å². The van der Waals surface area contributed by atoms with Gasteiger partial charge in [-0.1, -0.05) is 5.16 Å². The second kappa shape index (κ2) is 3.72. The number of pyridine rings is 1. The van der Waals surface area contributed by atoms with Gasteiger partial charge in [0.2, 0.25) is 0 Å². The van der Waals surface area contributed by atoms with Crippen LogP contribution in [-0.2, 0) is 0 Å². The molecule has 2 aromatic rings. The van der Waals surface area contributed by atoms with E-state index in [1.165, 1.54) is 0 Å². The first-order valence-corrected chi connectivity index (χ1v) is 5.46. The number of hydrogen-bond acceptors (Lipinski definition) is 4. The summed E-state index contributed by atoms with van der Waals surface area (Å²) < 4.78 is 5.34. The molecule has 3 rings (SSSR count). The third-order valence-corrected chi connectivity index (χ3v) is 2.98. The normalized spacial score (nSPS) is 19.4. The molecule has 0 amide bonds. The summed E-state index contributed by atoms with van der Waals surface area (Å²) in [6, 6.07) is 6.27. The zero-order chi connectivity index (χ0) is 11.0. The van der Waals surface area contributed by atoms with Gasteiger partial charge in [-0.25, -0.2) is 0 Å². The molecular weight excluding hydrogens is 202 g/mol. The average Bonchev–Trinajstić information content (AvgIpc) is 2.65. The van der Waals surface area contributed by atoms with Gasteiger partial charge in [-0.15, -0.1) is 0 Å². The number of nitrogens with zero attached hydrogens (tertiary/aromatic N) is 2. The van der Waals surface area contributed by atoms with E-state index in [4.69, 9.17) is 4.52 Å². The first-order valence-electron chi connectivity index (χ1n) is 5.46. The molecule has 0 aromatic carbocycles. The first-order chi connectivity index (χ1) is 7.84. The first kappa shape index (κ1) is 9.54. The summed E-state index contributed by atoms with van der Waals surface area (Å²) in [4.78, 5) is 4.25. The molecule has 1 N–H and O–H groups in total. The van der Waals surface area contributed by atoms with E-state index in [9.17, 15) is 0 Å². The minimum atomic E-state index is 0.346. The number of nitrogens with one attached hydrogen (secondary N) is 1. The molecule has 4 heteroatoms. The molecule has 82 valence electrons. The van der Waals surface area contributed by atoms with Crippen LogP contribution in [0.1, 0.15) is 23.9 Å². The molecule has 1 fully saturated rings. The van der Waals surface area contributed by atoms with Crippen LogP contribution in [0.5, 0.6) is 0 Å². The molecule has 0 spiro atoms. The van der Waals surface area contributed by atoms with Crippen molar-refractivity contribution >= 4 is 0 Å². The minimum Gasteiger partial charge on any atom is -0.359 e. The highest BCUT2D eigenvalue weighted by Gasteiger charge is 2.23. The lowest BCUT2D eigenvalue weighted by atomic mass is 10.0. The van der Waals surface area contributed by atoms with Crippen LogP contribution in [0.4, 0.5) is 0 Å². The van der Waals surface area contributed by atoms with Gasteiger partial charge in [0.05, 0.1) is 6.04 Å². The summed E-state index contributed by atoms with van der Waals surface area (Å²) >= 11 is 0. The topological polar surface area (TPSA) is 51.0 Å². The maximum Gasteiger partial charge on any atom is 0.154 e.